The Morgan fingerprint density at radius 1 is 1.53 bits per heavy atom. The van der Waals surface area contributed by atoms with Gasteiger partial charge in [-0.25, -0.2) is 4.98 Å². The Kier molecular flexibility index (Phi) is 2.59. The third-order valence-corrected chi connectivity index (χ3v) is 3.81. The van der Waals surface area contributed by atoms with E-state index in [0.717, 1.165) is 24.8 Å². The predicted molar refractivity (Wildman–Crippen MR) is 63.4 cm³/mol. The molecule has 17 heavy (non-hydrogen) atoms. The molecule has 0 spiro atoms. The van der Waals surface area contributed by atoms with Gasteiger partial charge >= 0.3 is 0 Å². The van der Waals surface area contributed by atoms with Crippen molar-refractivity contribution in [1.29, 1.82) is 0 Å². The third kappa shape index (κ3) is 1.93. The number of fused-ring (bicyclic) bond motifs is 2. The SMILES string of the molecule is Nc1ncccc1CC(=O)C1CC2CCC1O2. The Bertz CT molecular complexity index is 447. The second-order valence-electron chi connectivity index (χ2n) is 4.91. The van der Waals surface area contributed by atoms with Gasteiger partial charge in [0.2, 0.25) is 0 Å². The van der Waals surface area contributed by atoms with Gasteiger partial charge in [0.1, 0.15) is 11.6 Å². The van der Waals surface area contributed by atoms with Gasteiger partial charge in [-0.15, -0.1) is 0 Å². The number of ketones is 1. The number of hydrogen-bond acceptors (Lipinski definition) is 4. The van der Waals surface area contributed by atoms with E-state index in [4.69, 9.17) is 10.5 Å². The highest BCUT2D eigenvalue weighted by Crippen LogP contribution is 2.39. The van der Waals surface area contributed by atoms with Crippen LogP contribution in [0.1, 0.15) is 24.8 Å². The molecule has 2 N–H and O–H groups in total. The number of carbonyl (C=O) groups excluding carboxylic acids is 1. The van der Waals surface area contributed by atoms with E-state index in [9.17, 15) is 4.79 Å². The molecular weight excluding hydrogens is 216 g/mol. The number of nitrogen functional groups attached to an aromatic ring is 1. The summed E-state index contributed by atoms with van der Waals surface area (Å²) in [6, 6.07) is 3.69. The molecule has 0 saturated carbocycles. The number of nitrogens with two attached hydrogens (primary N) is 1. The number of rotatable bonds is 3. The van der Waals surface area contributed by atoms with Gasteiger partial charge in [0.25, 0.3) is 0 Å². The van der Waals surface area contributed by atoms with Gasteiger partial charge in [-0.1, -0.05) is 6.07 Å². The second kappa shape index (κ2) is 4.11. The van der Waals surface area contributed by atoms with Gasteiger partial charge in [-0.3, -0.25) is 4.79 Å². The molecule has 2 bridgehead atoms. The van der Waals surface area contributed by atoms with E-state index < -0.39 is 0 Å². The molecule has 0 radical (unpaired) electrons. The summed E-state index contributed by atoms with van der Waals surface area (Å²) in [6.45, 7) is 0. The summed E-state index contributed by atoms with van der Waals surface area (Å²) in [5, 5.41) is 0. The highest BCUT2D eigenvalue weighted by atomic mass is 16.5. The van der Waals surface area contributed by atoms with Crippen molar-refractivity contribution >= 4 is 11.6 Å². The minimum Gasteiger partial charge on any atom is -0.383 e. The number of aromatic nitrogens is 1. The average molecular weight is 232 g/mol. The van der Waals surface area contributed by atoms with Crippen LogP contribution in [-0.4, -0.2) is 23.0 Å². The molecule has 3 atom stereocenters. The molecule has 3 heterocycles. The quantitative estimate of drug-likeness (QED) is 0.854. The van der Waals surface area contributed by atoms with Crippen LogP contribution in [0.25, 0.3) is 0 Å². The van der Waals surface area contributed by atoms with Crippen molar-refractivity contribution in [2.24, 2.45) is 5.92 Å². The van der Waals surface area contributed by atoms with Crippen LogP contribution in [-0.2, 0) is 16.0 Å². The predicted octanol–water partition coefficient (Wildman–Crippen LogP) is 1.34. The lowest BCUT2D eigenvalue weighted by Crippen LogP contribution is -2.26. The van der Waals surface area contributed by atoms with E-state index in [1.54, 1.807) is 6.20 Å². The van der Waals surface area contributed by atoms with E-state index in [0.29, 0.717) is 18.3 Å². The molecule has 2 aliphatic rings. The molecule has 0 aliphatic carbocycles. The van der Waals surface area contributed by atoms with Crippen LogP contribution < -0.4 is 5.73 Å². The van der Waals surface area contributed by atoms with E-state index in [-0.39, 0.29) is 17.8 Å². The Morgan fingerprint density at radius 3 is 3.06 bits per heavy atom. The largest absolute Gasteiger partial charge is 0.383 e. The topological polar surface area (TPSA) is 65.2 Å². The fourth-order valence-corrected chi connectivity index (χ4v) is 2.90. The Labute approximate surface area is 100 Å². The highest BCUT2D eigenvalue weighted by molar-refractivity contribution is 5.85. The standard InChI is InChI=1S/C13H16N2O2/c14-13-8(2-1-5-15-13)6-11(16)10-7-9-3-4-12(10)17-9/h1-2,5,9-10,12H,3-4,6-7H2,(H2,14,15). The van der Waals surface area contributed by atoms with Crippen LogP contribution in [0, 0.1) is 5.92 Å². The fourth-order valence-electron chi connectivity index (χ4n) is 2.90. The lowest BCUT2D eigenvalue weighted by atomic mass is 9.84. The molecule has 1 aromatic rings. The van der Waals surface area contributed by atoms with Gasteiger partial charge in [-0.05, 0) is 25.3 Å². The molecule has 2 fully saturated rings. The lowest BCUT2D eigenvalue weighted by molar-refractivity contribution is -0.123. The summed E-state index contributed by atoms with van der Waals surface area (Å²) in [5.41, 5.74) is 6.58. The van der Waals surface area contributed by atoms with E-state index in [1.807, 2.05) is 12.1 Å². The van der Waals surface area contributed by atoms with Crippen molar-refractivity contribution in [1.82, 2.24) is 4.98 Å². The highest BCUT2D eigenvalue weighted by Gasteiger charge is 2.43. The number of carbonyl (C=O) groups is 1. The van der Waals surface area contributed by atoms with Crippen molar-refractivity contribution in [2.45, 2.75) is 37.9 Å². The van der Waals surface area contributed by atoms with Crippen LogP contribution in [0.3, 0.4) is 0 Å². The van der Waals surface area contributed by atoms with E-state index >= 15 is 0 Å². The maximum atomic E-state index is 12.2. The van der Waals surface area contributed by atoms with Gasteiger partial charge in [0, 0.05) is 24.1 Å². The van der Waals surface area contributed by atoms with Crippen LogP contribution in [0.15, 0.2) is 18.3 Å². The maximum absolute atomic E-state index is 12.2. The van der Waals surface area contributed by atoms with Gasteiger partial charge in [0.15, 0.2) is 0 Å². The number of pyridine rings is 1. The zero-order valence-electron chi connectivity index (χ0n) is 9.63. The number of nitrogens with zero attached hydrogens (tertiary/aromatic N) is 1. The molecular formula is C13H16N2O2. The molecule has 0 aromatic carbocycles. The molecule has 0 amide bonds. The fraction of sp³-hybridized carbons (Fsp3) is 0.538. The molecule has 4 heteroatoms. The van der Waals surface area contributed by atoms with Crippen molar-refractivity contribution < 1.29 is 9.53 Å². The summed E-state index contributed by atoms with van der Waals surface area (Å²) in [5.74, 6) is 0.787. The van der Waals surface area contributed by atoms with Gasteiger partial charge in [0.05, 0.1) is 12.2 Å². The first-order chi connectivity index (χ1) is 8.24. The second-order valence-corrected chi connectivity index (χ2v) is 4.91. The minimum atomic E-state index is 0.0772. The third-order valence-electron chi connectivity index (χ3n) is 3.81. The number of hydrogen-bond donors (Lipinski definition) is 1. The van der Waals surface area contributed by atoms with E-state index in [1.165, 1.54) is 0 Å². The molecule has 4 nitrogen and oxygen atoms in total. The van der Waals surface area contributed by atoms with Gasteiger partial charge < -0.3 is 10.5 Å². The van der Waals surface area contributed by atoms with Crippen molar-refractivity contribution in [3.8, 4) is 0 Å². The first-order valence-corrected chi connectivity index (χ1v) is 6.11. The monoisotopic (exact) mass is 232 g/mol. The summed E-state index contributed by atoms with van der Waals surface area (Å²) in [7, 11) is 0. The molecule has 90 valence electrons. The summed E-state index contributed by atoms with van der Waals surface area (Å²) in [4.78, 5) is 16.2. The van der Waals surface area contributed by atoms with Crippen molar-refractivity contribution in [2.75, 3.05) is 5.73 Å². The molecule has 2 saturated heterocycles. The molecule has 2 aliphatic heterocycles. The number of anilines is 1. The summed E-state index contributed by atoms with van der Waals surface area (Å²) < 4.78 is 5.71. The normalized spacial score (nSPS) is 30.7. The summed E-state index contributed by atoms with van der Waals surface area (Å²) in [6.07, 6.45) is 5.54. The molecule has 3 rings (SSSR count). The molecule has 1 aromatic heterocycles. The zero-order chi connectivity index (χ0) is 11.8. The maximum Gasteiger partial charge on any atom is 0.143 e. The first kappa shape index (κ1) is 10.7. The van der Waals surface area contributed by atoms with Crippen LogP contribution >= 0.6 is 0 Å². The Balaban J connectivity index is 1.70. The average Bonchev–Trinajstić information content (AvgIpc) is 2.94. The smallest absolute Gasteiger partial charge is 0.143 e. The summed E-state index contributed by atoms with van der Waals surface area (Å²) >= 11 is 0. The van der Waals surface area contributed by atoms with E-state index in [2.05, 4.69) is 4.98 Å². The Hall–Kier alpha value is -1.42. The number of Topliss-reactive ketones (excluding diaryl/α,β-unsaturated/α-hetero) is 1. The van der Waals surface area contributed by atoms with Crippen molar-refractivity contribution in [3.63, 3.8) is 0 Å². The first-order valence-electron chi connectivity index (χ1n) is 6.11. The minimum absolute atomic E-state index is 0.0772. The van der Waals surface area contributed by atoms with Crippen LogP contribution in [0.5, 0.6) is 0 Å². The Morgan fingerprint density at radius 2 is 2.41 bits per heavy atom. The molecule has 3 unspecified atom stereocenters. The van der Waals surface area contributed by atoms with Crippen LogP contribution in [0.4, 0.5) is 5.82 Å². The van der Waals surface area contributed by atoms with Crippen LogP contribution in [0.2, 0.25) is 0 Å². The zero-order valence-corrected chi connectivity index (χ0v) is 9.63. The van der Waals surface area contributed by atoms with Gasteiger partial charge in [-0.2, -0.15) is 0 Å². The van der Waals surface area contributed by atoms with Crippen molar-refractivity contribution in [3.05, 3.63) is 23.9 Å². The number of ether oxygens (including phenoxy) is 1. The lowest BCUT2D eigenvalue weighted by Gasteiger charge is -2.17.